The Morgan fingerprint density at radius 1 is 1.14 bits per heavy atom. The van der Waals surface area contributed by atoms with Gasteiger partial charge in [-0.2, -0.15) is 5.10 Å². The van der Waals surface area contributed by atoms with E-state index in [-0.39, 0.29) is 0 Å². The number of hydrogen-bond donors (Lipinski definition) is 2. The van der Waals surface area contributed by atoms with Gasteiger partial charge in [0.1, 0.15) is 5.75 Å². The molecule has 0 unspecified atom stereocenters. The number of hydrogen-bond acceptors (Lipinski definition) is 3. The van der Waals surface area contributed by atoms with Gasteiger partial charge in [-0.05, 0) is 54.0 Å². The lowest BCUT2D eigenvalue weighted by Gasteiger charge is -2.06. The van der Waals surface area contributed by atoms with Gasteiger partial charge in [0.15, 0.2) is 5.11 Å². The summed E-state index contributed by atoms with van der Waals surface area (Å²) < 4.78 is 5.10. The number of nitrogens with one attached hydrogen (secondary N) is 2. The fourth-order valence-corrected chi connectivity index (χ4v) is 2.01. The molecule has 0 radical (unpaired) electrons. The van der Waals surface area contributed by atoms with Gasteiger partial charge in [-0.3, -0.25) is 5.43 Å². The van der Waals surface area contributed by atoms with Gasteiger partial charge in [0.05, 0.1) is 13.3 Å². The lowest BCUT2D eigenvalue weighted by Crippen LogP contribution is -2.33. The zero-order chi connectivity index (χ0) is 15.6. The minimum Gasteiger partial charge on any atom is -0.497 e. The van der Waals surface area contributed by atoms with Crippen LogP contribution in [0.5, 0.6) is 5.75 Å². The highest BCUT2D eigenvalue weighted by molar-refractivity contribution is 7.80. The third-order valence-corrected chi connectivity index (χ3v) is 3.27. The number of rotatable bonds is 6. The van der Waals surface area contributed by atoms with E-state index in [2.05, 4.69) is 28.0 Å². The van der Waals surface area contributed by atoms with Crippen molar-refractivity contribution >= 4 is 23.5 Å². The first-order chi connectivity index (χ1) is 10.8. The molecule has 0 aliphatic carbocycles. The lowest BCUT2D eigenvalue weighted by molar-refractivity contribution is 0.415. The molecule has 4 nitrogen and oxygen atoms in total. The molecule has 0 aromatic heterocycles. The second-order valence-electron chi connectivity index (χ2n) is 4.63. The fraction of sp³-hybridized carbons (Fsp3) is 0.176. The van der Waals surface area contributed by atoms with Crippen molar-refractivity contribution in [1.82, 2.24) is 10.7 Å². The molecule has 0 bridgehead atoms. The van der Waals surface area contributed by atoms with Gasteiger partial charge in [-0.1, -0.05) is 30.3 Å². The van der Waals surface area contributed by atoms with E-state index in [1.54, 1.807) is 13.3 Å². The molecule has 0 aliphatic rings. The van der Waals surface area contributed by atoms with E-state index in [4.69, 9.17) is 17.0 Å². The molecule has 22 heavy (non-hydrogen) atoms. The van der Waals surface area contributed by atoms with E-state index in [1.807, 2.05) is 42.5 Å². The maximum absolute atomic E-state index is 5.17. The van der Waals surface area contributed by atoms with Crippen LogP contribution in [0.15, 0.2) is 59.7 Å². The van der Waals surface area contributed by atoms with Crippen molar-refractivity contribution in [2.45, 2.75) is 6.42 Å². The number of nitrogens with zero attached hydrogens (tertiary/aromatic N) is 1. The third-order valence-electron chi connectivity index (χ3n) is 3.04. The molecular weight excluding hydrogens is 294 g/mol. The van der Waals surface area contributed by atoms with Crippen LogP contribution in [0.25, 0.3) is 0 Å². The summed E-state index contributed by atoms with van der Waals surface area (Å²) in [6, 6.07) is 17.9. The Morgan fingerprint density at radius 3 is 2.55 bits per heavy atom. The van der Waals surface area contributed by atoms with E-state index in [9.17, 15) is 0 Å². The minimum atomic E-state index is 0.515. The number of methoxy groups -OCH3 is 1. The van der Waals surface area contributed by atoms with Crippen LogP contribution in [-0.2, 0) is 6.42 Å². The van der Waals surface area contributed by atoms with E-state index in [0.717, 1.165) is 24.3 Å². The summed E-state index contributed by atoms with van der Waals surface area (Å²) >= 11 is 5.17. The first kappa shape index (κ1) is 16.0. The molecule has 2 N–H and O–H groups in total. The quantitative estimate of drug-likeness (QED) is 0.489. The molecule has 0 fully saturated rings. The van der Waals surface area contributed by atoms with Gasteiger partial charge in [0.2, 0.25) is 0 Å². The van der Waals surface area contributed by atoms with Gasteiger partial charge < -0.3 is 10.1 Å². The Morgan fingerprint density at radius 2 is 1.86 bits per heavy atom. The maximum Gasteiger partial charge on any atom is 0.186 e. The predicted molar refractivity (Wildman–Crippen MR) is 94.5 cm³/mol. The molecule has 0 atom stereocenters. The summed E-state index contributed by atoms with van der Waals surface area (Å²) in [5, 5.41) is 7.74. The Balaban J connectivity index is 1.69. The average molecular weight is 313 g/mol. The van der Waals surface area contributed by atoms with Crippen LogP contribution < -0.4 is 15.5 Å². The second kappa shape index (κ2) is 8.79. The fourth-order valence-electron chi connectivity index (χ4n) is 1.86. The second-order valence-corrected chi connectivity index (χ2v) is 5.04. The number of ether oxygens (including phenoxy) is 1. The van der Waals surface area contributed by atoms with Crippen LogP contribution in [0.1, 0.15) is 11.1 Å². The van der Waals surface area contributed by atoms with Crippen LogP contribution in [0, 0.1) is 0 Å². The Hall–Kier alpha value is -2.40. The van der Waals surface area contributed by atoms with E-state index in [1.165, 1.54) is 5.56 Å². The molecular formula is C17H19N3OS. The Kier molecular flexibility index (Phi) is 6.39. The highest BCUT2D eigenvalue weighted by atomic mass is 32.1. The van der Waals surface area contributed by atoms with Crippen molar-refractivity contribution < 1.29 is 4.74 Å². The van der Waals surface area contributed by atoms with Crippen molar-refractivity contribution in [3.05, 3.63) is 65.7 Å². The van der Waals surface area contributed by atoms with Crippen molar-refractivity contribution in [3.63, 3.8) is 0 Å². The van der Waals surface area contributed by atoms with E-state index < -0.39 is 0 Å². The SMILES string of the molecule is COc1ccc(C=NNC(=S)NCCc2ccccc2)cc1. The van der Waals surface area contributed by atoms with Crippen LogP contribution in [0.2, 0.25) is 0 Å². The van der Waals surface area contributed by atoms with Crippen LogP contribution in [0.4, 0.5) is 0 Å². The monoisotopic (exact) mass is 313 g/mol. The molecule has 0 heterocycles. The van der Waals surface area contributed by atoms with Gasteiger partial charge in [-0.15, -0.1) is 0 Å². The predicted octanol–water partition coefficient (Wildman–Crippen LogP) is 2.74. The van der Waals surface area contributed by atoms with E-state index in [0.29, 0.717) is 5.11 Å². The number of hydrazone groups is 1. The van der Waals surface area contributed by atoms with Gasteiger partial charge in [0, 0.05) is 6.54 Å². The molecule has 0 spiro atoms. The summed E-state index contributed by atoms with van der Waals surface area (Å²) in [6.07, 6.45) is 2.63. The van der Waals surface area contributed by atoms with Crippen LogP contribution in [0.3, 0.4) is 0 Å². The summed E-state index contributed by atoms with van der Waals surface area (Å²) in [6.45, 7) is 0.772. The first-order valence-corrected chi connectivity index (χ1v) is 7.43. The molecule has 0 saturated carbocycles. The zero-order valence-electron chi connectivity index (χ0n) is 12.5. The smallest absolute Gasteiger partial charge is 0.186 e. The number of thiocarbonyl (C=S) groups is 1. The molecule has 114 valence electrons. The molecule has 0 aliphatic heterocycles. The van der Waals surface area contributed by atoms with Crippen LogP contribution >= 0.6 is 12.2 Å². The first-order valence-electron chi connectivity index (χ1n) is 7.03. The summed E-state index contributed by atoms with van der Waals surface area (Å²) in [7, 11) is 1.64. The molecule has 0 saturated heterocycles. The normalized spacial score (nSPS) is 10.4. The Bertz CT molecular complexity index is 612. The van der Waals surface area contributed by atoms with Crippen molar-refractivity contribution in [2.24, 2.45) is 5.10 Å². The van der Waals surface area contributed by atoms with Gasteiger partial charge >= 0.3 is 0 Å². The van der Waals surface area contributed by atoms with Crippen molar-refractivity contribution in [3.8, 4) is 5.75 Å². The standard InChI is InChI=1S/C17H19N3OS/c1-21-16-9-7-15(8-10-16)13-19-20-17(22)18-12-11-14-5-3-2-4-6-14/h2-10,13H,11-12H2,1H3,(H2,18,20,22). The average Bonchev–Trinajstić information content (AvgIpc) is 2.56. The topological polar surface area (TPSA) is 45.6 Å². The summed E-state index contributed by atoms with van der Waals surface area (Å²) in [4.78, 5) is 0. The molecule has 5 heteroatoms. The maximum atomic E-state index is 5.17. The minimum absolute atomic E-state index is 0.515. The van der Waals surface area contributed by atoms with Crippen molar-refractivity contribution in [2.75, 3.05) is 13.7 Å². The third kappa shape index (κ3) is 5.54. The van der Waals surface area contributed by atoms with Crippen molar-refractivity contribution in [1.29, 1.82) is 0 Å². The van der Waals surface area contributed by atoms with Gasteiger partial charge in [0.25, 0.3) is 0 Å². The highest BCUT2D eigenvalue weighted by Crippen LogP contribution is 2.09. The Labute approximate surface area is 136 Å². The largest absolute Gasteiger partial charge is 0.497 e. The molecule has 2 aromatic carbocycles. The summed E-state index contributed by atoms with van der Waals surface area (Å²) in [5.41, 5.74) is 5.05. The molecule has 0 amide bonds. The van der Waals surface area contributed by atoms with Gasteiger partial charge in [-0.25, -0.2) is 0 Å². The molecule has 2 aromatic rings. The molecule has 2 rings (SSSR count). The highest BCUT2D eigenvalue weighted by Gasteiger charge is 1.95. The number of benzene rings is 2. The zero-order valence-corrected chi connectivity index (χ0v) is 13.3. The van der Waals surface area contributed by atoms with Crippen LogP contribution in [-0.4, -0.2) is 25.0 Å². The van der Waals surface area contributed by atoms with E-state index >= 15 is 0 Å². The lowest BCUT2D eigenvalue weighted by atomic mass is 10.1. The summed E-state index contributed by atoms with van der Waals surface area (Å²) in [5.74, 6) is 0.822.